The highest BCUT2D eigenvalue weighted by molar-refractivity contribution is 5.96. The maximum Gasteiger partial charge on any atom is 0.163 e. The minimum atomic E-state index is -0.584. The first-order chi connectivity index (χ1) is 17.0. The molecule has 3 aromatic rings. The molecule has 0 spiro atoms. The van der Waals surface area contributed by atoms with Crippen molar-refractivity contribution >= 4 is 11.5 Å². The van der Waals surface area contributed by atoms with Gasteiger partial charge < -0.3 is 14.7 Å². The molecular weight excluding hydrogens is 436 g/mol. The molecule has 1 aliphatic heterocycles. The number of anilines is 1. The van der Waals surface area contributed by atoms with Gasteiger partial charge in [0.1, 0.15) is 18.5 Å². The molecule has 1 atom stereocenters. The average Bonchev–Trinajstić information content (AvgIpc) is 2.89. The lowest BCUT2D eigenvalue weighted by Crippen LogP contribution is -2.49. The highest BCUT2D eigenvalue weighted by Gasteiger charge is 2.21. The third kappa shape index (κ3) is 6.93. The Labute approximate surface area is 209 Å². The number of β-amino-alcohol motifs (C(OH)–C–C–N with tert-alkyl or cyclic N) is 1. The topological polar surface area (TPSA) is 53.0 Å². The van der Waals surface area contributed by atoms with Gasteiger partial charge in [0.15, 0.2) is 5.78 Å². The van der Waals surface area contributed by atoms with E-state index in [0.717, 1.165) is 38.2 Å². The Bertz CT molecular complexity index is 1110. The number of benzene rings is 3. The van der Waals surface area contributed by atoms with Crippen molar-refractivity contribution in [2.24, 2.45) is 0 Å². The monoisotopic (exact) mass is 472 g/mol. The van der Waals surface area contributed by atoms with Crippen molar-refractivity contribution in [1.29, 1.82) is 0 Å². The molecule has 0 radical (unpaired) electrons. The zero-order chi connectivity index (χ0) is 24.6. The van der Waals surface area contributed by atoms with E-state index < -0.39 is 6.10 Å². The predicted octanol–water partition coefficient (Wildman–Crippen LogP) is 4.68. The molecule has 184 valence electrons. The first-order valence-corrected chi connectivity index (χ1v) is 12.5. The lowest BCUT2D eigenvalue weighted by atomic mass is 10.0. The van der Waals surface area contributed by atoms with Gasteiger partial charge in [-0.1, -0.05) is 54.6 Å². The van der Waals surface area contributed by atoms with E-state index in [1.54, 1.807) is 6.07 Å². The fourth-order valence-corrected chi connectivity index (χ4v) is 4.60. The molecule has 5 nitrogen and oxygen atoms in total. The van der Waals surface area contributed by atoms with Gasteiger partial charge in [0.2, 0.25) is 0 Å². The Morgan fingerprint density at radius 1 is 0.943 bits per heavy atom. The fraction of sp³-hybridized carbons (Fsp3) is 0.367. The first kappa shape index (κ1) is 25.0. The van der Waals surface area contributed by atoms with Crippen LogP contribution in [0.5, 0.6) is 5.75 Å². The van der Waals surface area contributed by atoms with Gasteiger partial charge >= 0.3 is 0 Å². The summed E-state index contributed by atoms with van der Waals surface area (Å²) in [5.41, 5.74) is 5.78. The molecule has 1 heterocycles. The second kappa shape index (κ2) is 12.0. The molecule has 0 bridgehead atoms. The summed E-state index contributed by atoms with van der Waals surface area (Å²) in [6.07, 6.45) is 0.601. The third-order valence-electron chi connectivity index (χ3n) is 6.84. The highest BCUT2D eigenvalue weighted by atomic mass is 16.5. The lowest BCUT2D eigenvalue weighted by molar-refractivity contribution is 0.0662. The van der Waals surface area contributed by atoms with Crippen molar-refractivity contribution < 1.29 is 14.6 Å². The first-order valence-electron chi connectivity index (χ1n) is 12.5. The fourth-order valence-electron chi connectivity index (χ4n) is 4.60. The maximum atomic E-state index is 12.6. The lowest BCUT2D eigenvalue weighted by Gasteiger charge is -2.37. The Morgan fingerprint density at radius 3 is 2.46 bits per heavy atom. The van der Waals surface area contributed by atoms with Crippen molar-refractivity contribution in [2.45, 2.75) is 32.8 Å². The summed E-state index contributed by atoms with van der Waals surface area (Å²) in [5.74, 6) is 0.718. The zero-order valence-electron chi connectivity index (χ0n) is 20.8. The normalized spacial score (nSPS) is 15.1. The summed E-state index contributed by atoms with van der Waals surface area (Å²) in [7, 11) is 0. The second-order valence-electron chi connectivity index (χ2n) is 9.41. The Kier molecular flexibility index (Phi) is 8.56. The largest absolute Gasteiger partial charge is 0.491 e. The number of piperazine rings is 1. The number of rotatable bonds is 10. The molecular formula is C30H36N2O3. The molecule has 0 aromatic heterocycles. The standard InChI is InChI=1S/C30H36N2O3/c1-23-8-6-13-29(24(23)2)32-18-16-31(17-19-32)21-27(33)22-35-28-12-7-11-26(20-28)30(34)15-14-25-9-4-3-5-10-25/h3-13,20,27,33H,14-19,21-22H2,1-2H3/t27-/m1/s1. The van der Waals surface area contributed by atoms with Crippen molar-refractivity contribution in [1.82, 2.24) is 4.90 Å². The van der Waals surface area contributed by atoms with E-state index in [1.807, 2.05) is 48.5 Å². The number of carbonyl (C=O) groups is 1. The van der Waals surface area contributed by atoms with Crippen LogP contribution in [-0.2, 0) is 6.42 Å². The van der Waals surface area contributed by atoms with Crippen molar-refractivity contribution in [3.8, 4) is 5.75 Å². The van der Waals surface area contributed by atoms with Gasteiger partial charge in [0, 0.05) is 50.4 Å². The van der Waals surface area contributed by atoms with E-state index in [-0.39, 0.29) is 12.4 Å². The molecule has 1 aliphatic rings. The molecule has 35 heavy (non-hydrogen) atoms. The number of nitrogens with zero attached hydrogens (tertiary/aromatic N) is 2. The summed E-state index contributed by atoms with van der Waals surface area (Å²) < 4.78 is 5.84. The molecule has 1 N–H and O–H groups in total. The molecule has 1 saturated heterocycles. The van der Waals surface area contributed by atoms with E-state index in [4.69, 9.17) is 4.74 Å². The van der Waals surface area contributed by atoms with Crippen LogP contribution in [0.1, 0.15) is 33.5 Å². The molecule has 0 saturated carbocycles. The number of Topliss-reactive ketones (excluding diaryl/α,β-unsaturated/α-hetero) is 1. The van der Waals surface area contributed by atoms with E-state index in [1.165, 1.54) is 16.8 Å². The number of hydrogen-bond acceptors (Lipinski definition) is 5. The summed E-state index contributed by atoms with van der Waals surface area (Å²) in [4.78, 5) is 17.3. The maximum absolute atomic E-state index is 12.6. The number of aliphatic hydroxyl groups is 1. The van der Waals surface area contributed by atoms with Crippen LogP contribution in [0.25, 0.3) is 0 Å². The van der Waals surface area contributed by atoms with Gasteiger partial charge in [0.25, 0.3) is 0 Å². The third-order valence-corrected chi connectivity index (χ3v) is 6.84. The molecule has 3 aromatic carbocycles. The van der Waals surface area contributed by atoms with E-state index in [2.05, 4.69) is 41.8 Å². The summed E-state index contributed by atoms with van der Waals surface area (Å²) >= 11 is 0. The number of carbonyl (C=O) groups excluding carboxylic acids is 1. The van der Waals surface area contributed by atoms with Crippen molar-refractivity contribution in [3.05, 3.63) is 95.1 Å². The number of ether oxygens (including phenoxy) is 1. The summed E-state index contributed by atoms with van der Waals surface area (Å²) in [6, 6.07) is 23.8. The van der Waals surface area contributed by atoms with Gasteiger partial charge in [0.05, 0.1) is 0 Å². The van der Waals surface area contributed by atoms with Crippen LogP contribution < -0.4 is 9.64 Å². The molecule has 1 fully saturated rings. The van der Waals surface area contributed by atoms with Crippen molar-refractivity contribution in [3.63, 3.8) is 0 Å². The zero-order valence-corrected chi connectivity index (χ0v) is 20.8. The summed E-state index contributed by atoms with van der Waals surface area (Å²) in [5, 5.41) is 10.6. The Balaban J connectivity index is 1.21. The van der Waals surface area contributed by atoms with Crippen LogP contribution in [-0.4, -0.2) is 61.2 Å². The number of ketones is 1. The number of aryl methyl sites for hydroxylation is 2. The number of aliphatic hydroxyl groups excluding tert-OH is 1. The smallest absolute Gasteiger partial charge is 0.163 e. The highest BCUT2D eigenvalue weighted by Crippen LogP contribution is 2.24. The van der Waals surface area contributed by atoms with Gasteiger partial charge in [-0.25, -0.2) is 0 Å². The second-order valence-corrected chi connectivity index (χ2v) is 9.41. The molecule has 5 heteroatoms. The van der Waals surface area contributed by atoms with E-state index in [0.29, 0.717) is 24.3 Å². The van der Waals surface area contributed by atoms with Gasteiger partial charge in [-0.05, 0) is 55.2 Å². The molecule has 0 unspecified atom stereocenters. The van der Waals surface area contributed by atoms with Gasteiger partial charge in [-0.3, -0.25) is 9.69 Å². The Hall–Kier alpha value is -3.15. The van der Waals surface area contributed by atoms with Gasteiger partial charge in [-0.2, -0.15) is 0 Å². The van der Waals surface area contributed by atoms with Crippen LogP contribution in [0.2, 0.25) is 0 Å². The average molecular weight is 473 g/mol. The molecule has 0 aliphatic carbocycles. The minimum absolute atomic E-state index is 0.0987. The number of hydrogen-bond donors (Lipinski definition) is 1. The van der Waals surface area contributed by atoms with Crippen molar-refractivity contribution in [2.75, 3.05) is 44.2 Å². The summed E-state index contributed by atoms with van der Waals surface area (Å²) in [6.45, 7) is 8.85. The minimum Gasteiger partial charge on any atom is -0.491 e. The predicted molar refractivity (Wildman–Crippen MR) is 142 cm³/mol. The van der Waals surface area contributed by atoms with Crippen LogP contribution in [0.15, 0.2) is 72.8 Å². The SMILES string of the molecule is Cc1cccc(N2CCN(C[C@@H](O)COc3cccc(C(=O)CCc4ccccc4)c3)CC2)c1C. The Morgan fingerprint density at radius 2 is 1.69 bits per heavy atom. The van der Waals surface area contributed by atoms with Gasteiger partial charge in [-0.15, -0.1) is 0 Å². The van der Waals surface area contributed by atoms with E-state index >= 15 is 0 Å². The molecule has 4 rings (SSSR count). The molecule has 0 amide bonds. The van der Waals surface area contributed by atoms with E-state index in [9.17, 15) is 9.90 Å². The van der Waals surface area contributed by atoms with Crippen LogP contribution in [0.3, 0.4) is 0 Å². The van der Waals surface area contributed by atoms with Crippen LogP contribution in [0.4, 0.5) is 5.69 Å². The quantitative estimate of drug-likeness (QED) is 0.434. The van der Waals surface area contributed by atoms with Crippen LogP contribution >= 0.6 is 0 Å². The van der Waals surface area contributed by atoms with Crippen LogP contribution in [0, 0.1) is 13.8 Å².